The Bertz CT molecular complexity index is 782. The van der Waals surface area contributed by atoms with Crippen LogP contribution >= 0.6 is 0 Å². The minimum absolute atomic E-state index is 0.0550. The smallest absolute Gasteiger partial charge is 0.226 e. The summed E-state index contributed by atoms with van der Waals surface area (Å²) in [6, 6.07) is 5.49. The molecule has 1 fully saturated rings. The Morgan fingerprint density at radius 1 is 1.29 bits per heavy atom. The van der Waals surface area contributed by atoms with Gasteiger partial charge < -0.3 is 19.3 Å². The number of nitrogens with zero attached hydrogens (tertiary/aromatic N) is 2. The summed E-state index contributed by atoms with van der Waals surface area (Å²) in [5.74, 6) is 2.82. The van der Waals surface area contributed by atoms with E-state index in [1.165, 1.54) is 12.8 Å². The number of amides is 1. The summed E-state index contributed by atoms with van der Waals surface area (Å²) in [6.45, 7) is 4.03. The number of aromatic nitrogens is 2. The second kappa shape index (κ2) is 9.57. The molecular formula is C21H29N3O4. The summed E-state index contributed by atoms with van der Waals surface area (Å²) < 4.78 is 16.7. The number of carbonyl (C=O) groups is 1. The van der Waals surface area contributed by atoms with Crippen molar-refractivity contribution >= 4 is 11.6 Å². The van der Waals surface area contributed by atoms with Crippen LogP contribution in [0.4, 0.5) is 5.69 Å². The Morgan fingerprint density at radius 3 is 2.75 bits per heavy atom. The predicted octanol–water partition coefficient (Wildman–Crippen LogP) is 4.48. The number of nitrogens with one attached hydrogen (secondary N) is 1. The average molecular weight is 387 g/mol. The Hall–Kier alpha value is -2.57. The summed E-state index contributed by atoms with van der Waals surface area (Å²) >= 11 is 0. The zero-order chi connectivity index (χ0) is 19.9. The fourth-order valence-electron chi connectivity index (χ4n) is 3.26. The lowest BCUT2D eigenvalue weighted by molar-refractivity contribution is -0.116. The lowest BCUT2D eigenvalue weighted by Crippen LogP contribution is -2.14. The van der Waals surface area contributed by atoms with Crippen molar-refractivity contribution in [3.8, 4) is 11.5 Å². The van der Waals surface area contributed by atoms with E-state index in [1.54, 1.807) is 7.11 Å². The van der Waals surface area contributed by atoms with Gasteiger partial charge in [-0.2, -0.15) is 4.98 Å². The van der Waals surface area contributed by atoms with Crippen LogP contribution in [-0.2, 0) is 11.2 Å². The van der Waals surface area contributed by atoms with Crippen molar-refractivity contribution in [2.45, 2.75) is 70.8 Å². The number of anilines is 1. The molecule has 7 nitrogen and oxygen atoms in total. The summed E-state index contributed by atoms with van der Waals surface area (Å²) in [5, 5.41) is 6.86. The lowest BCUT2D eigenvalue weighted by Gasteiger charge is -2.17. The molecule has 0 atom stereocenters. The van der Waals surface area contributed by atoms with Crippen LogP contribution in [0.15, 0.2) is 22.7 Å². The Kier molecular flexibility index (Phi) is 6.90. The zero-order valence-corrected chi connectivity index (χ0v) is 16.9. The fraction of sp³-hybridized carbons (Fsp3) is 0.571. The van der Waals surface area contributed by atoms with Gasteiger partial charge in [0.15, 0.2) is 17.3 Å². The molecule has 3 rings (SSSR count). The van der Waals surface area contributed by atoms with E-state index in [9.17, 15) is 4.79 Å². The lowest BCUT2D eigenvalue weighted by atomic mass is 10.2. The van der Waals surface area contributed by atoms with Gasteiger partial charge in [-0.25, -0.2) is 0 Å². The number of aryl methyl sites for hydroxylation is 1. The van der Waals surface area contributed by atoms with Gasteiger partial charge >= 0.3 is 0 Å². The highest BCUT2D eigenvalue weighted by Gasteiger charge is 2.19. The maximum Gasteiger partial charge on any atom is 0.226 e. The molecule has 152 valence electrons. The normalized spacial score (nSPS) is 14.4. The Labute approximate surface area is 165 Å². The van der Waals surface area contributed by atoms with Gasteiger partial charge in [-0.3, -0.25) is 4.79 Å². The van der Waals surface area contributed by atoms with Crippen molar-refractivity contribution < 1.29 is 18.8 Å². The van der Waals surface area contributed by atoms with E-state index >= 15 is 0 Å². The summed E-state index contributed by atoms with van der Waals surface area (Å²) in [7, 11) is 1.62. The molecule has 1 aliphatic carbocycles. The first kappa shape index (κ1) is 20.2. The molecule has 7 heteroatoms. The standard InChI is InChI=1S/C21H29N3O4/c1-14(2)21-23-20(28-24-21)10-6-9-19(25)22-15-11-12-17(26-3)18(13-15)27-16-7-4-5-8-16/h11-14,16H,4-10H2,1-3H3,(H,22,25). The van der Waals surface area contributed by atoms with E-state index in [-0.39, 0.29) is 17.9 Å². The molecule has 0 radical (unpaired) electrons. The maximum atomic E-state index is 12.3. The van der Waals surface area contributed by atoms with Crippen LogP contribution in [0.25, 0.3) is 0 Å². The third-order valence-electron chi connectivity index (χ3n) is 4.84. The molecule has 1 aromatic carbocycles. The molecule has 0 unspecified atom stereocenters. The number of rotatable bonds is 9. The van der Waals surface area contributed by atoms with Crippen LogP contribution in [0.1, 0.15) is 70.0 Å². The molecule has 1 N–H and O–H groups in total. The molecule has 1 saturated carbocycles. The van der Waals surface area contributed by atoms with Crippen LogP contribution < -0.4 is 14.8 Å². The fourth-order valence-corrected chi connectivity index (χ4v) is 3.26. The molecule has 2 aromatic rings. The third-order valence-corrected chi connectivity index (χ3v) is 4.84. The molecule has 0 spiro atoms. The molecule has 1 aliphatic rings. The third kappa shape index (κ3) is 5.47. The van der Waals surface area contributed by atoms with Gasteiger partial charge in [0.2, 0.25) is 11.8 Å². The number of hydrogen-bond acceptors (Lipinski definition) is 6. The molecule has 0 aliphatic heterocycles. The number of methoxy groups -OCH3 is 1. The molecule has 1 amide bonds. The van der Waals surface area contributed by atoms with Gasteiger partial charge in [0, 0.05) is 30.5 Å². The molecule has 0 saturated heterocycles. The van der Waals surface area contributed by atoms with E-state index in [1.807, 2.05) is 32.0 Å². The first-order valence-electron chi connectivity index (χ1n) is 10.0. The minimum atomic E-state index is -0.0550. The number of benzene rings is 1. The Balaban J connectivity index is 1.51. The Morgan fingerprint density at radius 2 is 2.07 bits per heavy atom. The second-order valence-electron chi connectivity index (χ2n) is 7.49. The molecule has 28 heavy (non-hydrogen) atoms. The highest BCUT2D eigenvalue weighted by atomic mass is 16.5. The predicted molar refractivity (Wildman–Crippen MR) is 106 cm³/mol. The highest BCUT2D eigenvalue weighted by molar-refractivity contribution is 5.91. The van der Waals surface area contributed by atoms with Crippen LogP contribution in [0.2, 0.25) is 0 Å². The highest BCUT2D eigenvalue weighted by Crippen LogP contribution is 2.34. The van der Waals surface area contributed by atoms with E-state index in [0.29, 0.717) is 48.2 Å². The average Bonchev–Trinajstić information content (AvgIpc) is 3.34. The monoisotopic (exact) mass is 387 g/mol. The van der Waals surface area contributed by atoms with Crippen LogP contribution in [-0.4, -0.2) is 29.3 Å². The van der Waals surface area contributed by atoms with Crippen molar-refractivity contribution in [3.05, 3.63) is 29.9 Å². The van der Waals surface area contributed by atoms with Crippen LogP contribution in [0.5, 0.6) is 11.5 Å². The summed E-state index contributed by atoms with van der Waals surface area (Å²) in [6.07, 6.45) is 6.36. The molecule has 1 aromatic heterocycles. The van der Waals surface area contributed by atoms with Gasteiger partial charge in [-0.1, -0.05) is 19.0 Å². The molecule has 1 heterocycles. The van der Waals surface area contributed by atoms with Crippen molar-refractivity contribution in [1.29, 1.82) is 0 Å². The van der Waals surface area contributed by atoms with Gasteiger partial charge in [0.05, 0.1) is 13.2 Å². The maximum absolute atomic E-state index is 12.3. The summed E-state index contributed by atoms with van der Waals surface area (Å²) in [5.41, 5.74) is 0.707. The number of carbonyl (C=O) groups excluding carboxylic acids is 1. The van der Waals surface area contributed by atoms with E-state index in [0.717, 1.165) is 12.8 Å². The number of ether oxygens (including phenoxy) is 2. The van der Waals surface area contributed by atoms with Crippen LogP contribution in [0.3, 0.4) is 0 Å². The van der Waals surface area contributed by atoms with Crippen molar-refractivity contribution in [2.75, 3.05) is 12.4 Å². The summed E-state index contributed by atoms with van der Waals surface area (Å²) in [4.78, 5) is 16.6. The van der Waals surface area contributed by atoms with Crippen LogP contribution in [0, 0.1) is 0 Å². The topological polar surface area (TPSA) is 86.5 Å². The quantitative estimate of drug-likeness (QED) is 0.682. The zero-order valence-electron chi connectivity index (χ0n) is 16.9. The van der Waals surface area contributed by atoms with Gasteiger partial charge in [0.1, 0.15) is 0 Å². The van der Waals surface area contributed by atoms with Gasteiger partial charge in [-0.05, 0) is 44.2 Å². The number of hydrogen-bond donors (Lipinski definition) is 1. The molecule has 0 bridgehead atoms. The van der Waals surface area contributed by atoms with Crippen molar-refractivity contribution in [2.24, 2.45) is 0 Å². The first-order chi connectivity index (χ1) is 13.5. The van der Waals surface area contributed by atoms with Gasteiger partial charge in [0.25, 0.3) is 0 Å². The first-order valence-corrected chi connectivity index (χ1v) is 10.0. The van der Waals surface area contributed by atoms with Crippen molar-refractivity contribution in [3.63, 3.8) is 0 Å². The largest absolute Gasteiger partial charge is 0.493 e. The van der Waals surface area contributed by atoms with Crippen molar-refractivity contribution in [1.82, 2.24) is 10.1 Å². The van der Waals surface area contributed by atoms with E-state index in [2.05, 4.69) is 15.5 Å². The SMILES string of the molecule is COc1ccc(NC(=O)CCCc2nc(C(C)C)no2)cc1OC1CCCC1. The second-order valence-corrected chi connectivity index (χ2v) is 7.49. The minimum Gasteiger partial charge on any atom is -0.493 e. The van der Waals surface area contributed by atoms with E-state index in [4.69, 9.17) is 14.0 Å². The van der Waals surface area contributed by atoms with Gasteiger partial charge in [-0.15, -0.1) is 0 Å². The molecular weight excluding hydrogens is 358 g/mol. The van der Waals surface area contributed by atoms with E-state index < -0.39 is 0 Å².